The Hall–Kier alpha value is -1.35. The van der Waals surface area contributed by atoms with Crippen LogP contribution in [0.3, 0.4) is 0 Å². The third-order valence-electron chi connectivity index (χ3n) is 4.62. The normalized spacial score (nSPS) is 19.3. The van der Waals surface area contributed by atoms with Crippen molar-refractivity contribution in [3.8, 4) is 0 Å². The van der Waals surface area contributed by atoms with Crippen LogP contribution in [0.25, 0.3) is 0 Å². The molecule has 1 unspecified atom stereocenters. The van der Waals surface area contributed by atoms with E-state index in [9.17, 15) is 4.79 Å². The molecule has 3 rings (SSSR count). The lowest BCUT2D eigenvalue weighted by Crippen LogP contribution is -2.42. The highest BCUT2D eigenvalue weighted by Gasteiger charge is 2.33. The van der Waals surface area contributed by atoms with Gasteiger partial charge in [0.1, 0.15) is 0 Å². The number of hydrogen-bond acceptors (Lipinski definition) is 2. The molecule has 2 N–H and O–H groups in total. The molecule has 1 aromatic rings. The summed E-state index contributed by atoms with van der Waals surface area (Å²) in [5.41, 5.74) is 7.11. The molecule has 0 radical (unpaired) electrons. The molecule has 0 spiro atoms. The second-order valence-corrected chi connectivity index (χ2v) is 6.75. The summed E-state index contributed by atoms with van der Waals surface area (Å²) in [6, 6.07) is 10.2. The number of hydrogen-bond donors (Lipinski definition) is 1. The van der Waals surface area contributed by atoms with Crippen LogP contribution in [0.1, 0.15) is 31.2 Å². The Labute approximate surface area is 127 Å². The van der Waals surface area contributed by atoms with Crippen LogP contribution in [0, 0.1) is 17.8 Å². The maximum atomic E-state index is 12.9. The summed E-state index contributed by atoms with van der Waals surface area (Å²) in [6.07, 6.45) is 5.93. The molecule has 2 aliphatic rings. The van der Waals surface area contributed by atoms with Gasteiger partial charge in [-0.2, -0.15) is 0 Å². The van der Waals surface area contributed by atoms with Crippen molar-refractivity contribution >= 4 is 5.91 Å². The molecule has 0 heterocycles. The molecular formula is C18H26N2O. The highest BCUT2D eigenvalue weighted by atomic mass is 16.2. The van der Waals surface area contributed by atoms with Crippen LogP contribution in [-0.2, 0) is 11.2 Å². The number of carbonyl (C=O) groups is 1. The van der Waals surface area contributed by atoms with Gasteiger partial charge in [0.2, 0.25) is 5.91 Å². The first-order chi connectivity index (χ1) is 10.3. The standard InChI is InChI=1S/C18H26N2O/c19-11-17(10-14-4-2-1-3-5-14)18(21)20(12-15-6-7-15)13-16-8-9-16/h1-5,15-17H,6-13,19H2. The van der Waals surface area contributed by atoms with Gasteiger partial charge in [-0.05, 0) is 49.5 Å². The van der Waals surface area contributed by atoms with Crippen LogP contribution in [0.15, 0.2) is 30.3 Å². The first-order valence-corrected chi connectivity index (χ1v) is 8.29. The molecule has 0 aromatic heterocycles. The molecule has 0 aliphatic heterocycles. The Kier molecular flexibility index (Phi) is 4.59. The number of nitrogens with zero attached hydrogens (tertiary/aromatic N) is 1. The molecule has 114 valence electrons. The summed E-state index contributed by atoms with van der Waals surface area (Å²) in [7, 11) is 0. The van der Waals surface area contributed by atoms with E-state index < -0.39 is 0 Å². The molecule has 2 aliphatic carbocycles. The Morgan fingerprint density at radius 3 is 2.14 bits per heavy atom. The number of carbonyl (C=O) groups excluding carboxylic acids is 1. The fourth-order valence-electron chi connectivity index (χ4n) is 2.91. The van der Waals surface area contributed by atoms with Crippen LogP contribution in [0.2, 0.25) is 0 Å². The van der Waals surface area contributed by atoms with Gasteiger partial charge in [0.15, 0.2) is 0 Å². The monoisotopic (exact) mass is 286 g/mol. The lowest BCUT2D eigenvalue weighted by molar-refractivity contribution is -0.135. The van der Waals surface area contributed by atoms with Gasteiger partial charge < -0.3 is 10.6 Å². The summed E-state index contributed by atoms with van der Waals surface area (Å²) in [4.78, 5) is 15.0. The van der Waals surface area contributed by atoms with Gasteiger partial charge in [-0.3, -0.25) is 4.79 Å². The van der Waals surface area contributed by atoms with E-state index >= 15 is 0 Å². The Balaban J connectivity index is 1.63. The lowest BCUT2D eigenvalue weighted by Gasteiger charge is -2.27. The van der Waals surface area contributed by atoms with E-state index in [1.54, 1.807) is 0 Å². The van der Waals surface area contributed by atoms with E-state index in [0.717, 1.165) is 31.3 Å². The molecule has 1 aromatic carbocycles. The summed E-state index contributed by atoms with van der Waals surface area (Å²) in [6.45, 7) is 2.36. The summed E-state index contributed by atoms with van der Waals surface area (Å²) in [5, 5.41) is 0. The third kappa shape index (κ3) is 4.31. The van der Waals surface area contributed by atoms with E-state index in [1.807, 2.05) is 18.2 Å². The molecule has 1 atom stereocenters. The van der Waals surface area contributed by atoms with Crippen molar-refractivity contribution in [1.82, 2.24) is 4.90 Å². The minimum absolute atomic E-state index is 0.0649. The van der Waals surface area contributed by atoms with Crippen LogP contribution >= 0.6 is 0 Å². The van der Waals surface area contributed by atoms with Gasteiger partial charge in [0, 0.05) is 19.6 Å². The molecule has 3 nitrogen and oxygen atoms in total. The predicted molar refractivity (Wildman–Crippen MR) is 84.7 cm³/mol. The minimum Gasteiger partial charge on any atom is -0.342 e. The second-order valence-electron chi connectivity index (χ2n) is 6.75. The van der Waals surface area contributed by atoms with Crippen molar-refractivity contribution in [3.05, 3.63) is 35.9 Å². The van der Waals surface area contributed by atoms with Gasteiger partial charge in [0.25, 0.3) is 0 Å². The quantitative estimate of drug-likeness (QED) is 0.798. The molecule has 0 bridgehead atoms. The Morgan fingerprint density at radius 2 is 1.67 bits per heavy atom. The SMILES string of the molecule is NCC(Cc1ccccc1)C(=O)N(CC1CC1)CC1CC1. The van der Waals surface area contributed by atoms with Crippen LogP contribution in [0.5, 0.6) is 0 Å². The van der Waals surface area contributed by atoms with Gasteiger partial charge >= 0.3 is 0 Å². The topological polar surface area (TPSA) is 46.3 Å². The molecule has 2 fully saturated rings. The molecule has 2 saturated carbocycles. The van der Waals surface area contributed by atoms with E-state index in [0.29, 0.717) is 6.54 Å². The van der Waals surface area contributed by atoms with Crippen molar-refractivity contribution in [1.29, 1.82) is 0 Å². The third-order valence-corrected chi connectivity index (χ3v) is 4.62. The summed E-state index contributed by atoms with van der Waals surface area (Å²) < 4.78 is 0. The zero-order valence-electron chi connectivity index (χ0n) is 12.7. The zero-order chi connectivity index (χ0) is 14.7. The summed E-state index contributed by atoms with van der Waals surface area (Å²) >= 11 is 0. The molecule has 21 heavy (non-hydrogen) atoms. The van der Waals surface area contributed by atoms with Gasteiger partial charge in [-0.15, -0.1) is 0 Å². The highest BCUT2D eigenvalue weighted by Crippen LogP contribution is 2.34. The van der Waals surface area contributed by atoms with Crippen LogP contribution in [-0.4, -0.2) is 30.4 Å². The maximum absolute atomic E-state index is 12.9. The number of nitrogens with two attached hydrogens (primary N) is 1. The lowest BCUT2D eigenvalue weighted by atomic mass is 9.97. The van der Waals surface area contributed by atoms with E-state index in [1.165, 1.54) is 31.2 Å². The average molecular weight is 286 g/mol. The zero-order valence-corrected chi connectivity index (χ0v) is 12.7. The summed E-state index contributed by atoms with van der Waals surface area (Å²) in [5.74, 6) is 1.72. The largest absolute Gasteiger partial charge is 0.342 e. The Bertz CT molecular complexity index is 451. The van der Waals surface area contributed by atoms with Crippen LogP contribution < -0.4 is 5.73 Å². The van der Waals surface area contributed by atoms with Gasteiger partial charge in [0.05, 0.1) is 5.92 Å². The number of benzene rings is 1. The van der Waals surface area contributed by atoms with Crippen molar-refractivity contribution in [2.75, 3.05) is 19.6 Å². The molecule has 0 saturated heterocycles. The average Bonchev–Trinajstić information content (AvgIpc) is 3.40. The van der Waals surface area contributed by atoms with Crippen molar-refractivity contribution in [3.63, 3.8) is 0 Å². The smallest absolute Gasteiger partial charge is 0.227 e. The molecule has 1 amide bonds. The van der Waals surface area contributed by atoms with Crippen LogP contribution in [0.4, 0.5) is 0 Å². The first kappa shape index (κ1) is 14.6. The van der Waals surface area contributed by atoms with Crippen molar-refractivity contribution in [2.45, 2.75) is 32.1 Å². The van der Waals surface area contributed by atoms with E-state index in [2.05, 4.69) is 17.0 Å². The minimum atomic E-state index is -0.0649. The highest BCUT2D eigenvalue weighted by molar-refractivity contribution is 5.79. The van der Waals surface area contributed by atoms with Gasteiger partial charge in [-0.1, -0.05) is 30.3 Å². The van der Waals surface area contributed by atoms with Crippen molar-refractivity contribution < 1.29 is 4.79 Å². The second kappa shape index (κ2) is 6.61. The number of amides is 1. The van der Waals surface area contributed by atoms with E-state index in [4.69, 9.17) is 5.73 Å². The maximum Gasteiger partial charge on any atom is 0.227 e. The van der Waals surface area contributed by atoms with Gasteiger partial charge in [-0.25, -0.2) is 0 Å². The fourth-order valence-corrected chi connectivity index (χ4v) is 2.91. The molecule has 3 heteroatoms. The molecular weight excluding hydrogens is 260 g/mol. The Morgan fingerprint density at radius 1 is 1.10 bits per heavy atom. The van der Waals surface area contributed by atoms with Crippen molar-refractivity contribution in [2.24, 2.45) is 23.5 Å². The first-order valence-electron chi connectivity index (χ1n) is 8.29. The fraction of sp³-hybridized carbons (Fsp3) is 0.611. The number of rotatable bonds is 8. The predicted octanol–water partition coefficient (Wildman–Crippen LogP) is 2.45. The van der Waals surface area contributed by atoms with E-state index in [-0.39, 0.29) is 11.8 Å².